The highest BCUT2D eigenvalue weighted by molar-refractivity contribution is 7.92. The van der Waals surface area contributed by atoms with Gasteiger partial charge in [-0.15, -0.1) is 0 Å². The highest BCUT2D eigenvalue weighted by Crippen LogP contribution is 2.21. The SMILES string of the molecule is CCOc1cccc(NS(=O)(=O)c2ccc(CC)cc2)c1. The number of sulfonamides is 1. The minimum absolute atomic E-state index is 0.251. The van der Waals surface area contributed by atoms with Gasteiger partial charge in [0.2, 0.25) is 0 Å². The van der Waals surface area contributed by atoms with Gasteiger partial charge in [0.25, 0.3) is 10.0 Å². The van der Waals surface area contributed by atoms with E-state index in [9.17, 15) is 8.42 Å². The predicted octanol–water partition coefficient (Wildman–Crippen LogP) is 3.45. The molecular weight excluding hydrogens is 286 g/mol. The Morgan fingerprint density at radius 1 is 1.05 bits per heavy atom. The predicted molar refractivity (Wildman–Crippen MR) is 84.2 cm³/mol. The van der Waals surface area contributed by atoms with E-state index in [2.05, 4.69) is 4.72 Å². The van der Waals surface area contributed by atoms with Crippen LogP contribution in [0.15, 0.2) is 53.4 Å². The van der Waals surface area contributed by atoms with Crippen LogP contribution in [0, 0.1) is 0 Å². The van der Waals surface area contributed by atoms with E-state index in [1.807, 2.05) is 26.0 Å². The van der Waals surface area contributed by atoms with Gasteiger partial charge in [0.15, 0.2) is 0 Å². The molecule has 0 radical (unpaired) electrons. The molecule has 0 unspecified atom stereocenters. The Morgan fingerprint density at radius 3 is 2.38 bits per heavy atom. The van der Waals surface area contributed by atoms with Crippen LogP contribution in [-0.2, 0) is 16.4 Å². The lowest BCUT2D eigenvalue weighted by Crippen LogP contribution is -2.13. The molecule has 0 aliphatic carbocycles. The van der Waals surface area contributed by atoms with Crippen molar-refractivity contribution in [2.45, 2.75) is 25.2 Å². The average molecular weight is 305 g/mol. The summed E-state index contributed by atoms with van der Waals surface area (Å²) in [6, 6.07) is 13.8. The van der Waals surface area contributed by atoms with Gasteiger partial charge in [-0.25, -0.2) is 8.42 Å². The first kappa shape index (κ1) is 15.4. The molecule has 0 saturated heterocycles. The summed E-state index contributed by atoms with van der Waals surface area (Å²) in [4.78, 5) is 0.251. The number of benzene rings is 2. The Labute approximate surface area is 125 Å². The van der Waals surface area contributed by atoms with Crippen molar-refractivity contribution in [3.63, 3.8) is 0 Å². The second kappa shape index (κ2) is 6.63. The van der Waals surface area contributed by atoms with Gasteiger partial charge >= 0.3 is 0 Å². The number of hydrogen-bond acceptors (Lipinski definition) is 3. The lowest BCUT2D eigenvalue weighted by molar-refractivity contribution is 0.340. The van der Waals surface area contributed by atoms with Gasteiger partial charge in [-0.1, -0.05) is 25.1 Å². The Bertz CT molecular complexity index is 694. The Morgan fingerprint density at radius 2 is 1.76 bits per heavy atom. The first-order valence-electron chi connectivity index (χ1n) is 6.89. The lowest BCUT2D eigenvalue weighted by Gasteiger charge is -2.10. The molecule has 112 valence electrons. The Balaban J connectivity index is 2.21. The summed E-state index contributed by atoms with van der Waals surface area (Å²) < 4.78 is 32.6. The van der Waals surface area contributed by atoms with E-state index >= 15 is 0 Å². The smallest absolute Gasteiger partial charge is 0.261 e. The zero-order chi connectivity index (χ0) is 15.3. The quantitative estimate of drug-likeness (QED) is 0.889. The zero-order valence-corrected chi connectivity index (χ0v) is 13.0. The third-order valence-corrected chi connectivity index (χ3v) is 4.44. The van der Waals surface area contributed by atoms with E-state index in [0.29, 0.717) is 18.0 Å². The van der Waals surface area contributed by atoms with Gasteiger partial charge < -0.3 is 4.74 Å². The molecule has 0 heterocycles. The fourth-order valence-corrected chi connectivity index (χ4v) is 2.98. The van der Waals surface area contributed by atoms with Gasteiger partial charge in [0, 0.05) is 6.07 Å². The van der Waals surface area contributed by atoms with Crippen LogP contribution in [0.1, 0.15) is 19.4 Å². The van der Waals surface area contributed by atoms with Crippen molar-refractivity contribution in [2.24, 2.45) is 0 Å². The summed E-state index contributed by atoms with van der Waals surface area (Å²) in [5, 5.41) is 0. The van der Waals surface area contributed by atoms with Crippen molar-refractivity contribution < 1.29 is 13.2 Å². The summed E-state index contributed by atoms with van der Waals surface area (Å²) in [7, 11) is -3.58. The Hall–Kier alpha value is -2.01. The largest absolute Gasteiger partial charge is 0.494 e. The first-order valence-corrected chi connectivity index (χ1v) is 8.38. The number of aryl methyl sites for hydroxylation is 1. The summed E-state index contributed by atoms with van der Waals surface area (Å²) in [5.41, 5.74) is 1.59. The third kappa shape index (κ3) is 3.98. The van der Waals surface area contributed by atoms with Crippen molar-refractivity contribution in [3.8, 4) is 5.75 Å². The van der Waals surface area contributed by atoms with Crippen LogP contribution in [0.25, 0.3) is 0 Å². The molecule has 2 aromatic carbocycles. The third-order valence-electron chi connectivity index (χ3n) is 3.04. The van der Waals surface area contributed by atoms with Gasteiger partial charge in [-0.2, -0.15) is 0 Å². The maximum atomic E-state index is 12.3. The fourth-order valence-electron chi connectivity index (χ4n) is 1.93. The van der Waals surface area contributed by atoms with Crippen molar-refractivity contribution in [3.05, 3.63) is 54.1 Å². The number of hydrogen-bond donors (Lipinski definition) is 1. The van der Waals surface area contributed by atoms with Crippen LogP contribution in [0.3, 0.4) is 0 Å². The van der Waals surface area contributed by atoms with Crippen molar-refractivity contribution >= 4 is 15.7 Å². The second-order valence-electron chi connectivity index (χ2n) is 4.56. The van der Waals surface area contributed by atoms with E-state index in [1.165, 1.54) is 0 Å². The molecule has 21 heavy (non-hydrogen) atoms. The molecule has 1 N–H and O–H groups in total. The molecular formula is C16H19NO3S. The van der Waals surface area contributed by atoms with E-state index in [1.54, 1.807) is 36.4 Å². The average Bonchev–Trinajstić information content (AvgIpc) is 2.47. The fraction of sp³-hybridized carbons (Fsp3) is 0.250. The van der Waals surface area contributed by atoms with E-state index in [0.717, 1.165) is 12.0 Å². The minimum atomic E-state index is -3.58. The maximum Gasteiger partial charge on any atom is 0.261 e. The van der Waals surface area contributed by atoms with Gasteiger partial charge in [0.05, 0.1) is 17.2 Å². The summed E-state index contributed by atoms with van der Waals surface area (Å²) in [5.74, 6) is 0.638. The molecule has 0 bridgehead atoms. The van der Waals surface area contributed by atoms with Gasteiger partial charge in [-0.3, -0.25) is 4.72 Å². The van der Waals surface area contributed by atoms with Crippen LogP contribution in [0.2, 0.25) is 0 Å². The summed E-state index contributed by atoms with van der Waals surface area (Å²) in [6.07, 6.45) is 0.879. The minimum Gasteiger partial charge on any atom is -0.494 e. The van der Waals surface area contributed by atoms with Crippen LogP contribution < -0.4 is 9.46 Å². The summed E-state index contributed by atoms with van der Waals surface area (Å²) in [6.45, 7) is 4.45. The molecule has 2 aromatic rings. The molecule has 0 aliphatic heterocycles. The molecule has 4 nitrogen and oxygen atoms in total. The molecule has 0 saturated carbocycles. The van der Waals surface area contributed by atoms with Crippen molar-refractivity contribution in [1.29, 1.82) is 0 Å². The molecule has 2 rings (SSSR count). The second-order valence-corrected chi connectivity index (χ2v) is 6.25. The van der Waals surface area contributed by atoms with E-state index in [-0.39, 0.29) is 4.90 Å². The van der Waals surface area contributed by atoms with E-state index < -0.39 is 10.0 Å². The van der Waals surface area contributed by atoms with Crippen LogP contribution in [-0.4, -0.2) is 15.0 Å². The Kier molecular flexibility index (Phi) is 4.85. The van der Waals surface area contributed by atoms with Gasteiger partial charge in [-0.05, 0) is 43.2 Å². The number of anilines is 1. The van der Waals surface area contributed by atoms with Crippen LogP contribution >= 0.6 is 0 Å². The van der Waals surface area contributed by atoms with Crippen LogP contribution in [0.5, 0.6) is 5.75 Å². The highest BCUT2D eigenvalue weighted by atomic mass is 32.2. The molecule has 0 amide bonds. The maximum absolute atomic E-state index is 12.3. The summed E-state index contributed by atoms with van der Waals surface area (Å²) >= 11 is 0. The number of rotatable bonds is 6. The molecule has 0 atom stereocenters. The van der Waals surface area contributed by atoms with Crippen molar-refractivity contribution in [1.82, 2.24) is 0 Å². The zero-order valence-electron chi connectivity index (χ0n) is 12.2. The highest BCUT2D eigenvalue weighted by Gasteiger charge is 2.14. The molecule has 0 fully saturated rings. The molecule has 0 aliphatic rings. The lowest BCUT2D eigenvalue weighted by atomic mass is 10.2. The standard InChI is InChI=1S/C16H19NO3S/c1-3-13-8-10-16(11-9-13)21(18,19)17-14-6-5-7-15(12-14)20-4-2/h5-12,17H,3-4H2,1-2H3. The molecule has 5 heteroatoms. The van der Waals surface area contributed by atoms with E-state index in [4.69, 9.17) is 4.74 Å². The van der Waals surface area contributed by atoms with Crippen LogP contribution in [0.4, 0.5) is 5.69 Å². The van der Waals surface area contributed by atoms with Crippen molar-refractivity contribution in [2.75, 3.05) is 11.3 Å². The topological polar surface area (TPSA) is 55.4 Å². The first-order chi connectivity index (χ1) is 10.0. The molecule has 0 spiro atoms. The monoisotopic (exact) mass is 305 g/mol. The molecule has 0 aromatic heterocycles. The number of ether oxygens (including phenoxy) is 1. The van der Waals surface area contributed by atoms with Gasteiger partial charge in [0.1, 0.15) is 5.75 Å². The normalized spacial score (nSPS) is 11.1. The number of nitrogens with one attached hydrogen (secondary N) is 1.